The lowest BCUT2D eigenvalue weighted by Gasteiger charge is -2.18. The maximum atomic E-state index is 12.7. The van der Waals surface area contributed by atoms with Gasteiger partial charge in [0.05, 0.1) is 30.2 Å². The minimum Gasteiger partial charge on any atom is -0.382 e. The second kappa shape index (κ2) is 6.80. The first-order valence-corrected chi connectivity index (χ1v) is 6.26. The Kier molecular flexibility index (Phi) is 4.83. The monoisotopic (exact) mass is 293 g/mol. The summed E-state index contributed by atoms with van der Waals surface area (Å²) in [5.74, 6) is -0.604. The van der Waals surface area contributed by atoms with Crippen LogP contribution in [0, 0.1) is 5.95 Å². The molecule has 2 aromatic rings. The van der Waals surface area contributed by atoms with Gasteiger partial charge < -0.3 is 15.4 Å². The third-order valence-corrected chi connectivity index (χ3v) is 2.84. The maximum absolute atomic E-state index is 12.7. The van der Waals surface area contributed by atoms with Crippen LogP contribution in [0.3, 0.4) is 0 Å². The lowest BCUT2D eigenvalue weighted by Crippen LogP contribution is -2.35. The lowest BCUT2D eigenvalue weighted by atomic mass is 10.2. The molecule has 0 aromatic carbocycles. The number of carbonyl (C=O) groups excluding carboxylic acids is 1. The van der Waals surface area contributed by atoms with E-state index in [0.717, 1.165) is 5.69 Å². The van der Waals surface area contributed by atoms with Gasteiger partial charge in [0, 0.05) is 20.4 Å². The molecule has 0 radical (unpaired) electrons. The first-order chi connectivity index (χ1) is 10.1. The highest BCUT2D eigenvalue weighted by atomic mass is 19.1. The molecule has 2 aromatic heterocycles. The van der Waals surface area contributed by atoms with Gasteiger partial charge in [0.2, 0.25) is 5.95 Å². The van der Waals surface area contributed by atoms with Crippen molar-refractivity contribution in [3.8, 4) is 0 Å². The van der Waals surface area contributed by atoms with Crippen molar-refractivity contribution < 1.29 is 13.9 Å². The molecular formula is C13H16FN5O2. The van der Waals surface area contributed by atoms with Crippen molar-refractivity contribution in [1.82, 2.24) is 20.1 Å². The second-order valence-electron chi connectivity index (χ2n) is 4.36. The highest BCUT2D eigenvalue weighted by Gasteiger charge is 2.17. The van der Waals surface area contributed by atoms with Gasteiger partial charge in [-0.2, -0.15) is 9.49 Å². The minimum atomic E-state index is -0.604. The molecule has 112 valence electrons. The fourth-order valence-corrected chi connectivity index (χ4v) is 1.87. The molecule has 7 nitrogen and oxygen atoms in total. The van der Waals surface area contributed by atoms with E-state index < -0.39 is 12.0 Å². The van der Waals surface area contributed by atoms with Crippen molar-refractivity contribution in [2.24, 2.45) is 7.05 Å². The summed E-state index contributed by atoms with van der Waals surface area (Å²) in [5, 5.41) is 9.40. The zero-order chi connectivity index (χ0) is 15.2. The van der Waals surface area contributed by atoms with Crippen molar-refractivity contribution in [2.75, 3.05) is 19.0 Å². The molecule has 0 fully saturated rings. The Labute approximate surface area is 121 Å². The summed E-state index contributed by atoms with van der Waals surface area (Å²) in [4.78, 5) is 15.4. The van der Waals surface area contributed by atoms with Crippen LogP contribution in [0.25, 0.3) is 0 Å². The smallest absolute Gasteiger partial charge is 0.319 e. The van der Waals surface area contributed by atoms with Gasteiger partial charge in [-0.25, -0.2) is 9.78 Å². The van der Waals surface area contributed by atoms with E-state index in [9.17, 15) is 9.18 Å². The Balaban J connectivity index is 2.01. The van der Waals surface area contributed by atoms with E-state index in [1.54, 1.807) is 31.1 Å². The van der Waals surface area contributed by atoms with Crippen LogP contribution in [0.4, 0.5) is 14.9 Å². The SMILES string of the molecule is COC[C@@H](NC(=O)Nc1ccc(F)nc1)c1ccnn1C. The van der Waals surface area contributed by atoms with E-state index in [1.165, 1.54) is 18.3 Å². The molecular weight excluding hydrogens is 277 g/mol. The third-order valence-electron chi connectivity index (χ3n) is 2.84. The summed E-state index contributed by atoms with van der Waals surface area (Å²) in [6.45, 7) is 0.300. The van der Waals surface area contributed by atoms with E-state index >= 15 is 0 Å². The summed E-state index contributed by atoms with van der Waals surface area (Å²) in [6.07, 6.45) is 2.88. The first-order valence-electron chi connectivity index (χ1n) is 6.26. The number of urea groups is 1. The Morgan fingerprint density at radius 2 is 2.29 bits per heavy atom. The summed E-state index contributed by atoms with van der Waals surface area (Å²) in [5.41, 5.74) is 1.21. The first kappa shape index (κ1) is 14.9. The summed E-state index contributed by atoms with van der Waals surface area (Å²) in [6, 6.07) is 3.60. The molecule has 0 aliphatic carbocycles. The van der Waals surface area contributed by atoms with E-state index in [0.29, 0.717) is 12.3 Å². The number of rotatable bonds is 5. The molecule has 0 saturated heterocycles. The molecule has 2 rings (SSSR count). The van der Waals surface area contributed by atoms with Crippen LogP contribution >= 0.6 is 0 Å². The molecule has 21 heavy (non-hydrogen) atoms. The van der Waals surface area contributed by atoms with Gasteiger partial charge >= 0.3 is 6.03 Å². The van der Waals surface area contributed by atoms with E-state index in [2.05, 4.69) is 20.7 Å². The van der Waals surface area contributed by atoms with Crippen LogP contribution in [0.2, 0.25) is 0 Å². The van der Waals surface area contributed by atoms with Crippen LogP contribution in [-0.4, -0.2) is 34.5 Å². The average Bonchev–Trinajstić information content (AvgIpc) is 2.87. The topological polar surface area (TPSA) is 81.1 Å². The number of methoxy groups -OCH3 is 1. The van der Waals surface area contributed by atoms with E-state index in [1.807, 2.05) is 0 Å². The van der Waals surface area contributed by atoms with Crippen molar-refractivity contribution in [1.29, 1.82) is 0 Å². The lowest BCUT2D eigenvalue weighted by molar-refractivity contribution is 0.165. The zero-order valence-corrected chi connectivity index (χ0v) is 11.7. The molecule has 2 amide bonds. The molecule has 0 aliphatic rings. The molecule has 8 heteroatoms. The predicted molar refractivity (Wildman–Crippen MR) is 74.2 cm³/mol. The number of nitrogens with zero attached hydrogens (tertiary/aromatic N) is 3. The van der Waals surface area contributed by atoms with Gasteiger partial charge in [-0.3, -0.25) is 4.68 Å². The number of pyridine rings is 1. The van der Waals surface area contributed by atoms with Crippen molar-refractivity contribution in [3.05, 3.63) is 42.2 Å². The van der Waals surface area contributed by atoms with Crippen LogP contribution in [-0.2, 0) is 11.8 Å². The summed E-state index contributed by atoms with van der Waals surface area (Å²) in [7, 11) is 3.33. The Hall–Kier alpha value is -2.48. The van der Waals surface area contributed by atoms with Gasteiger partial charge in [-0.05, 0) is 18.2 Å². The number of carbonyl (C=O) groups is 1. The molecule has 0 aliphatic heterocycles. The quantitative estimate of drug-likeness (QED) is 0.818. The highest BCUT2D eigenvalue weighted by Crippen LogP contribution is 2.12. The average molecular weight is 293 g/mol. The van der Waals surface area contributed by atoms with E-state index in [-0.39, 0.29) is 6.04 Å². The van der Waals surface area contributed by atoms with Crippen LogP contribution < -0.4 is 10.6 Å². The van der Waals surface area contributed by atoms with Gasteiger partial charge in [0.25, 0.3) is 0 Å². The molecule has 0 saturated carbocycles. The third kappa shape index (κ3) is 3.99. The van der Waals surface area contributed by atoms with Crippen LogP contribution in [0.1, 0.15) is 11.7 Å². The molecule has 2 N–H and O–H groups in total. The van der Waals surface area contributed by atoms with Crippen LogP contribution in [0.5, 0.6) is 0 Å². The molecule has 0 unspecified atom stereocenters. The van der Waals surface area contributed by atoms with Gasteiger partial charge in [0.15, 0.2) is 0 Å². The fraction of sp³-hybridized carbons (Fsp3) is 0.308. The van der Waals surface area contributed by atoms with Crippen molar-refractivity contribution in [2.45, 2.75) is 6.04 Å². The molecule has 0 bridgehead atoms. The van der Waals surface area contributed by atoms with Crippen molar-refractivity contribution in [3.63, 3.8) is 0 Å². The van der Waals surface area contributed by atoms with Gasteiger partial charge in [0.1, 0.15) is 0 Å². The standard InChI is InChI=1S/C13H16FN5O2/c1-19-11(5-6-16-19)10(8-21-2)18-13(20)17-9-3-4-12(14)15-7-9/h3-7,10H,8H2,1-2H3,(H2,17,18,20)/t10-/m1/s1. The number of hydrogen-bond acceptors (Lipinski definition) is 4. The highest BCUT2D eigenvalue weighted by molar-refractivity contribution is 5.89. The predicted octanol–water partition coefficient (Wildman–Crippen LogP) is 1.46. The number of anilines is 1. The summed E-state index contributed by atoms with van der Waals surface area (Å²) < 4.78 is 19.5. The number of aryl methyl sites for hydroxylation is 1. The fourth-order valence-electron chi connectivity index (χ4n) is 1.87. The normalized spacial score (nSPS) is 12.0. The number of nitrogens with one attached hydrogen (secondary N) is 2. The number of ether oxygens (including phenoxy) is 1. The Morgan fingerprint density at radius 3 is 2.86 bits per heavy atom. The van der Waals surface area contributed by atoms with Gasteiger partial charge in [-0.1, -0.05) is 0 Å². The Morgan fingerprint density at radius 1 is 1.48 bits per heavy atom. The maximum Gasteiger partial charge on any atom is 0.319 e. The summed E-state index contributed by atoms with van der Waals surface area (Å²) >= 11 is 0. The molecule has 0 spiro atoms. The minimum absolute atomic E-state index is 0.300. The van der Waals surface area contributed by atoms with Crippen molar-refractivity contribution >= 4 is 11.7 Å². The molecule has 1 atom stereocenters. The largest absolute Gasteiger partial charge is 0.382 e. The second-order valence-corrected chi connectivity index (χ2v) is 4.36. The number of halogens is 1. The van der Waals surface area contributed by atoms with Crippen LogP contribution in [0.15, 0.2) is 30.6 Å². The van der Waals surface area contributed by atoms with E-state index in [4.69, 9.17) is 4.74 Å². The van der Waals surface area contributed by atoms with Gasteiger partial charge in [-0.15, -0.1) is 0 Å². The zero-order valence-electron chi connectivity index (χ0n) is 11.7. The number of aromatic nitrogens is 3. The molecule has 2 heterocycles. The Bertz CT molecular complexity index is 599. The number of hydrogen-bond donors (Lipinski definition) is 2. The number of amides is 2.